The van der Waals surface area contributed by atoms with E-state index in [9.17, 15) is 26.7 Å². The van der Waals surface area contributed by atoms with E-state index < -0.39 is 25.6 Å². The molecule has 0 saturated heterocycles. The van der Waals surface area contributed by atoms with Crippen LogP contribution >= 0.6 is 0 Å². The Morgan fingerprint density at radius 2 is 0.975 bits per heavy atom. The van der Waals surface area contributed by atoms with E-state index in [1.807, 2.05) is 0 Å². The van der Waals surface area contributed by atoms with Crippen molar-refractivity contribution in [3.05, 3.63) is 126 Å². The molecule has 1 amide bonds. The summed E-state index contributed by atoms with van der Waals surface area (Å²) in [6, 6.07) is 28.0. The van der Waals surface area contributed by atoms with Crippen LogP contribution in [0.4, 0.5) is 0 Å². The minimum atomic E-state index is -3.73. The molecule has 4 aromatic carbocycles. The Kier molecular flexibility index (Phi) is 6.01. The summed E-state index contributed by atoms with van der Waals surface area (Å²) >= 11 is 0. The van der Waals surface area contributed by atoms with Crippen LogP contribution in [0, 0.1) is 0 Å². The first kappa shape index (κ1) is 25.5. The van der Waals surface area contributed by atoms with E-state index in [1.54, 1.807) is 48.5 Å². The van der Waals surface area contributed by atoms with Gasteiger partial charge < -0.3 is 10.1 Å². The number of carbonyl (C=O) groups excluding carboxylic acids is 1. The molecule has 2 N–H and O–H groups in total. The van der Waals surface area contributed by atoms with Gasteiger partial charge in [-0.25, -0.2) is 21.8 Å². The van der Waals surface area contributed by atoms with Crippen LogP contribution in [0.5, 0.6) is 5.88 Å². The smallest absolute Gasteiger partial charge is 0.280 e. The molecule has 0 radical (unpaired) electrons. The number of aliphatic imine (C=N–C) groups is 1. The topological polar surface area (TPSA) is 134 Å². The Morgan fingerprint density at radius 3 is 1.45 bits per heavy atom. The lowest BCUT2D eigenvalue weighted by atomic mass is 10.0. The van der Waals surface area contributed by atoms with Crippen LogP contribution in [-0.2, 0) is 19.7 Å². The van der Waals surface area contributed by atoms with Crippen LogP contribution in [0.2, 0.25) is 0 Å². The third kappa shape index (κ3) is 4.14. The molecule has 0 spiro atoms. The number of aromatic nitrogens is 1. The molecular weight excluding hydrogens is 548 g/mol. The second-order valence-corrected chi connectivity index (χ2v) is 12.9. The largest absolute Gasteiger partial charge is 0.494 e. The number of hydrogen-bond donors (Lipinski definition) is 2. The monoisotopic (exact) mass is 568 g/mol. The summed E-state index contributed by atoms with van der Waals surface area (Å²) in [5.74, 6) is -0.866. The van der Waals surface area contributed by atoms with Crippen molar-refractivity contribution in [2.75, 3.05) is 0 Å². The Labute approximate surface area is 230 Å². The van der Waals surface area contributed by atoms with Crippen molar-refractivity contribution >= 4 is 31.3 Å². The van der Waals surface area contributed by atoms with Crippen molar-refractivity contribution in [1.29, 1.82) is 0 Å². The van der Waals surface area contributed by atoms with E-state index >= 15 is 0 Å². The minimum absolute atomic E-state index is 0.0807. The summed E-state index contributed by atoms with van der Waals surface area (Å²) in [5.41, 5.74) is 1.77. The Hall–Kier alpha value is -4.80. The summed E-state index contributed by atoms with van der Waals surface area (Å²) in [7, 11) is -7.45. The van der Waals surface area contributed by atoms with Gasteiger partial charge in [0.05, 0.1) is 42.1 Å². The summed E-state index contributed by atoms with van der Waals surface area (Å²) in [6.07, 6.45) is 0. The predicted molar refractivity (Wildman–Crippen MR) is 148 cm³/mol. The number of benzene rings is 4. The number of rotatable bonds is 6. The Morgan fingerprint density at radius 1 is 0.550 bits per heavy atom. The predicted octanol–water partition coefficient (Wildman–Crippen LogP) is 5.04. The minimum Gasteiger partial charge on any atom is -0.494 e. The van der Waals surface area contributed by atoms with Gasteiger partial charge >= 0.3 is 0 Å². The first-order valence-corrected chi connectivity index (χ1v) is 15.0. The third-order valence-electron chi connectivity index (χ3n) is 6.64. The van der Waals surface area contributed by atoms with E-state index in [4.69, 9.17) is 0 Å². The molecule has 6 rings (SSSR count). The average molecular weight is 569 g/mol. The standard InChI is InChI=1S/C30H20N2O6S2/c33-29-25-26(28(32-29)20-13-17-24(18-14-20)40(37,38)22-9-5-2-6-10-22)30(34)31-27(25)19-11-15-23(16-12-19)39(35,36)21-7-3-1-4-8-21/h1-18,31,34H. The highest BCUT2D eigenvalue weighted by atomic mass is 32.2. The molecule has 0 aliphatic carbocycles. The maximum Gasteiger partial charge on any atom is 0.280 e. The van der Waals surface area contributed by atoms with Crippen LogP contribution in [-0.4, -0.2) is 38.5 Å². The first-order chi connectivity index (χ1) is 19.2. The van der Waals surface area contributed by atoms with Crippen LogP contribution in [0.3, 0.4) is 0 Å². The number of carbonyl (C=O) groups is 1. The van der Waals surface area contributed by atoms with E-state index in [0.29, 0.717) is 16.8 Å². The molecule has 5 aromatic rings. The van der Waals surface area contributed by atoms with Gasteiger partial charge in [0.25, 0.3) is 5.91 Å². The van der Waals surface area contributed by atoms with Gasteiger partial charge in [0.15, 0.2) is 5.88 Å². The molecule has 1 aromatic heterocycles. The van der Waals surface area contributed by atoms with Gasteiger partial charge in [-0.3, -0.25) is 4.79 Å². The maximum absolute atomic E-state index is 13.0. The second kappa shape index (κ2) is 9.44. The number of aromatic amines is 1. The van der Waals surface area contributed by atoms with Crippen LogP contribution in [0.15, 0.2) is 134 Å². The van der Waals surface area contributed by atoms with Gasteiger partial charge in [0, 0.05) is 5.56 Å². The molecule has 0 unspecified atom stereocenters. The zero-order valence-electron chi connectivity index (χ0n) is 20.6. The molecule has 10 heteroatoms. The number of hydrogen-bond acceptors (Lipinski definition) is 6. The number of nitrogens with one attached hydrogen (secondary N) is 1. The fourth-order valence-corrected chi connectivity index (χ4v) is 7.20. The molecular formula is C30H20N2O6S2. The quantitative estimate of drug-likeness (QED) is 0.295. The first-order valence-electron chi connectivity index (χ1n) is 12.1. The van der Waals surface area contributed by atoms with Crippen molar-refractivity contribution in [2.45, 2.75) is 19.6 Å². The van der Waals surface area contributed by atoms with E-state index in [-0.39, 0.29) is 42.3 Å². The van der Waals surface area contributed by atoms with Gasteiger partial charge in [-0.1, -0.05) is 60.7 Å². The average Bonchev–Trinajstić information content (AvgIpc) is 3.52. The van der Waals surface area contributed by atoms with Crippen LogP contribution in [0.25, 0.3) is 11.3 Å². The van der Waals surface area contributed by atoms with Crippen molar-refractivity contribution in [3.63, 3.8) is 0 Å². The Balaban J connectivity index is 1.33. The van der Waals surface area contributed by atoms with Gasteiger partial charge in [-0.2, -0.15) is 0 Å². The molecule has 198 valence electrons. The Bertz CT molecular complexity index is 2010. The lowest BCUT2D eigenvalue weighted by Crippen LogP contribution is -2.04. The molecule has 0 bridgehead atoms. The van der Waals surface area contributed by atoms with Gasteiger partial charge in [0.2, 0.25) is 19.7 Å². The zero-order chi connectivity index (χ0) is 28.1. The van der Waals surface area contributed by atoms with Gasteiger partial charge in [0.1, 0.15) is 0 Å². The third-order valence-corrected chi connectivity index (χ3v) is 10.2. The normalized spacial score (nSPS) is 13.2. The summed E-state index contributed by atoms with van der Waals surface area (Å²) in [4.78, 5) is 20.4. The molecule has 0 atom stereocenters. The molecule has 40 heavy (non-hydrogen) atoms. The molecule has 1 aliphatic rings. The van der Waals surface area contributed by atoms with Crippen molar-refractivity contribution in [3.8, 4) is 17.1 Å². The van der Waals surface area contributed by atoms with Gasteiger partial charge in [-0.05, 0) is 54.1 Å². The number of H-pyrrole nitrogens is 1. The highest BCUT2D eigenvalue weighted by Crippen LogP contribution is 2.38. The molecule has 0 fully saturated rings. The number of fused-ring (bicyclic) bond motifs is 1. The lowest BCUT2D eigenvalue weighted by Gasteiger charge is -2.06. The van der Waals surface area contributed by atoms with E-state index in [0.717, 1.165) is 0 Å². The van der Waals surface area contributed by atoms with Crippen LogP contribution in [0.1, 0.15) is 21.5 Å². The second-order valence-electron chi connectivity index (χ2n) is 9.05. The number of sulfone groups is 2. The van der Waals surface area contributed by atoms with E-state index in [1.165, 1.54) is 60.7 Å². The highest BCUT2D eigenvalue weighted by Gasteiger charge is 2.34. The molecule has 1 aliphatic heterocycles. The lowest BCUT2D eigenvalue weighted by molar-refractivity contribution is 0.101. The SMILES string of the molecule is O=C1N=C(c2ccc(S(=O)(=O)c3ccccc3)cc2)c2c(O)[nH]c(-c3ccc(S(=O)(=O)c4ccccc4)cc3)c21. The van der Waals surface area contributed by atoms with Crippen molar-refractivity contribution in [2.24, 2.45) is 4.99 Å². The summed E-state index contributed by atoms with van der Waals surface area (Å²) < 4.78 is 51.7. The van der Waals surface area contributed by atoms with Crippen molar-refractivity contribution < 1.29 is 26.7 Å². The molecule has 8 nitrogen and oxygen atoms in total. The zero-order valence-corrected chi connectivity index (χ0v) is 22.3. The van der Waals surface area contributed by atoms with E-state index in [2.05, 4.69) is 9.98 Å². The molecule has 2 heterocycles. The maximum atomic E-state index is 13.0. The molecule has 0 saturated carbocycles. The van der Waals surface area contributed by atoms with Crippen LogP contribution < -0.4 is 0 Å². The number of nitrogens with zero attached hydrogens (tertiary/aromatic N) is 1. The fourth-order valence-electron chi connectivity index (χ4n) is 4.63. The number of aromatic hydroxyl groups is 1. The summed E-state index contributed by atoms with van der Waals surface area (Å²) in [6.45, 7) is 0. The fraction of sp³-hybridized carbons (Fsp3) is 0. The number of amides is 1. The van der Waals surface area contributed by atoms with Crippen molar-refractivity contribution in [1.82, 2.24) is 4.98 Å². The highest BCUT2D eigenvalue weighted by molar-refractivity contribution is 7.91. The van der Waals surface area contributed by atoms with Gasteiger partial charge in [-0.15, -0.1) is 0 Å². The summed E-state index contributed by atoms with van der Waals surface area (Å²) in [5, 5.41) is 10.7.